The monoisotopic (exact) mass is 1190 g/mol. The summed E-state index contributed by atoms with van der Waals surface area (Å²) in [5.41, 5.74) is 7.80. The van der Waals surface area contributed by atoms with Crippen molar-refractivity contribution < 1.29 is 80.1 Å². The van der Waals surface area contributed by atoms with Crippen LogP contribution in [0.5, 0.6) is 5.75 Å². The van der Waals surface area contributed by atoms with E-state index in [0.29, 0.717) is 54.1 Å². The predicted octanol–water partition coefficient (Wildman–Crippen LogP) is 0.597. The largest absolute Gasteiger partial charge is 0.481 e. The van der Waals surface area contributed by atoms with Gasteiger partial charge in [0.15, 0.2) is 0 Å². The number of para-hydroxylation sites is 1. The minimum absolute atomic E-state index is 0.00201. The molecule has 1 aromatic heterocycles. The Morgan fingerprint density at radius 2 is 1.11 bits per heavy atom. The lowest BCUT2D eigenvalue weighted by molar-refractivity contribution is -0.143. The van der Waals surface area contributed by atoms with Crippen molar-refractivity contribution in [3.8, 4) is 5.75 Å². The van der Waals surface area contributed by atoms with Crippen LogP contribution in [-0.4, -0.2) is 153 Å². The van der Waals surface area contributed by atoms with Gasteiger partial charge in [0.05, 0.1) is 12.8 Å². The van der Waals surface area contributed by atoms with Crippen LogP contribution in [0.4, 0.5) is 0 Å². The third kappa shape index (κ3) is 20.5. The molecule has 0 spiro atoms. The average molecular weight is 1190 g/mol. The first kappa shape index (κ1) is 65.9. The molecular weight excluding hydrogens is 1120 g/mol. The molecule has 1 aliphatic rings. The van der Waals surface area contributed by atoms with Crippen LogP contribution in [0.3, 0.4) is 0 Å². The van der Waals surface area contributed by atoms with E-state index in [9.17, 15) is 71.4 Å². The van der Waals surface area contributed by atoms with Gasteiger partial charge in [-0.05, 0) is 60.6 Å². The van der Waals surface area contributed by atoms with Crippen molar-refractivity contribution >= 4 is 86.4 Å². The molecule has 3 aromatic carbocycles. The van der Waals surface area contributed by atoms with Crippen LogP contribution in [0.1, 0.15) is 102 Å². The maximum Gasteiger partial charge on any atom is 0.446 e. The van der Waals surface area contributed by atoms with E-state index in [-0.39, 0.29) is 56.4 Å². The molecule has 8 atom stereocenters. The maximum absolute atomic E-state index is 14.8. The summed E-state index contributed by atoms with van der Waals surface area (Å²) < 4.78 is 36.2. The van der Waals surface area contributed by atoms with Crippen LogP contribution in [0, 0.1) is 0 Å². The Balaban J connectivity index is 1.41. The second-order valence-electron chi connectivity index (χ2n) is 20.3. The van der Waals surface area contributed by atoms with Gasteiger partial charge in [0.25, 0.3) is 0 Å². The molecule has 0 aliphatic carbocycles. The third-order valence-electron chi connectivity index (χ3n) is 13.7. The van der Waals surface area contributed by atoms with Gasteiger partial charge in [-0.15, -0.1) is 0 Å². The number of H-pyrrole nitrogens is 1. The van der Waals surface area contributed by atoms with E-state index in [1.165, 1.54) is 17.0 Å². The zero-order chi connectivity index (χ0) is 61.7. The number of hydrogen-bond donors (Lipinski definition) is 12. The molecule has 1 fully saturated rings. The van der Waals surface area contributed by atoms with Gasteiger partial charge >= 0.3 is 22.3 Å². The number of aromatic nitrogens is 1. The number of nitrogens with zero attached hydrogens (tertiary/aromatic N) is 1. The number of rotatable bonds is 33. The Hall–Kier alpha value is -8.92. The van der Waals surface area contributed by atoms with Crippen molar-refractivity contribution in [1.29, 1.82) is 0 Å². The summed E-state index contributed by atoms with van der Waals surface area (Å²) >= 11 is 0. The summed E-state index contributed by atoms with van der Waals surface area (Å²) in [6.07, 6.45) is 1.56. The molecule has 1 aliphatic heterocycles. The van der Waals surface area contributed by atoms with Crippen LogP contribution in [0.25, 0.3) is 10.9 Å². The van der Waals surface area contributed by atoms with E-state index in [1.54, 1.807) is 60.8 Å². The first-order valence-corrected chi connectivity index (χ1v) is 28.7. The molecule has 0 saturated carbocycles. The summed E-state index contributed by atoms with van der Waals surface area (Å²) in [5.74, 6) is -11.2. The number of hydrogen-bond acceptors (Lipinski definition) is 14. The summed E-state index contributed by atoms with van der Waals surface area (Å²) in [7, 11) is -4.91. The normalized spacial score (nSPS) is 15.6. The Labute approximate surface area is 484 Å². The molecule has 28 heteroatoms. The van der Waals surface area contributed by atoms with Gasteiger partial charge < -0.3 is 67.2 Å². The summed E-state index contributed by atoms with van der Waals surface area (Å²) in [5, 5.41) is 37.7. The van der Waals surface area contributed by atoms with Crippen LogP contribution in [0.2, 0.25) is 0 Å². The highest BCUT2D eigenvalue weighted by Crippen LogP contribution is 2.24. The van der Waals surface area contributed by atoms with Crippen molar-refractivity contribution in [3.05, 3.63) is 102 Å². The molecule has 27 nitrogen and oxygen atoms in total. The van der Waals surface area contributed by atoms with Gasteiger partial charge in [0.2, 0.25) is 53.2 Å². The number of carboxylic acids is 2. The second-order valence-corrected chi connectivity index (χ2v) is 21.3. The Kier molecular flexibility index (Phi) is 24.7. The topological polar surface area (TPSA) is 421 Å². The fraction of sp³-hybridized carbons (Fsp3) is 0.446. The minimum atomic E-state index is -4.91. The summed E-state index contributed by atoms with van der Waals surface area (Å²) in [6, 6.07) is 8.99. The van der Waals surface area contributed by atoms with E-state index in [2.05, 4.69) is 46.4 Å². The molecule has 4 aromatic rings. The molecule has 5 rings (SSSR count). The number of carboxylic acid groups (broad SMARTS) is 2. The Morgan fingerprint density at radius 1 is 0.619 bits per heavy atom. The number of fused-ring (bicyclic) bond motifs is 1. The number of nitrogens with one attached hydrogen (secondary N) is 8. The van der Waals surface area contributed by atoms with Crippen LogP contribution >= 0.6 is 0 Å². The first-order valence-electron chi connectivity index (χ1n) is 27.3. The zero-order valence-electron chi connectivity index (χ0n) is 46.6. The van der Waals surface area contributed by atoms with Crippen LogP contribution < -0.4 is 47.1 Å². The maximum atomic E-state index is 14.8. The highest BCUT2D eigenvalue weighted by atomic mass is 32.3. The van der Waals surface area contributed by atoms with Crippen molar-refractivity contribution in [2.75, 3.05) is 6.54 Å². The molecule has 454 valence electrons. The number of aromatic amines is 1. The second kappa shape index (κ2) is 31.5. The zero-order valence-corrected chi connectivity index (χ0v) is 47.4. The number of carbonyl (C=O) groups is 11. The molecule has 1 saturated heterocycles. The lowest BCUT2D eigenvalue weighted by Gasteiger charge is -2.31. The fourth-order valence-electron chi connectivity index (χ4n) is 9.54. The van der Waals surface area contributed by atoms with E-state index < -0.39 is 137 Å². The van der Waals surface area contributed by atoms with Crippen LogP contribution in [0.15, 0.2) is 85.1 Å². The van der Waals surface area contributed by atoms with E-state index >= 15 is 0 Å². The van der Waals surface area contributed by atoms with E-state index in [4.69, 9.17) is 10.3 Å². The number of aliphatic carboxylic acids is 2. The molecule has 0 unspecified atom stereocenters. The van der Waals surface area contributed by atoms with Crippen molar-refractivity contribution in [1.82, 2.24) is 47.1 Å². The van der Waals surface area contributed by atoms with Crippen LogP contribution in [-0.2, 0) is 82.4 Å². The molecular formula is C56H72N10O17S. The molecule has 13 N–H and O–H groups in total. The Morgan fingerprint density at radius 3 is 1.69 bits per heavy atom. The van der Waals surface area contributed by atoms with Gasteiger partial charge in [0.1, 0.15) is 54.1 Å². The standard InChI is InChI=1S/C56H72N10O17S/c1-4-6-17-39(50(73)64-45(30-48(70)71)54(77)62-41(49(57)72)26-33-14-9-8-10-15-33)60-52(75)43(28-35-31-58-38-19-12-11-16-37(35)38)65-55(78)46-20-13-25-66(46)56(79)40(18-7-5-2)61-51(74)42(63-53(76)44(29-47(68)69)59-32(3)67)27-34-21-23-36(24-22-34)83-84(80,81)82/h8-12,14-16,19,21-24,31,39-46,58H,4-7,13,17-18,20,25-30H2,1-3H3,(H2,57,72)(H,59,67)(H,60,75)(H,61,74)(H,62,77)(H,63,76)(H,64,73)(H,65,78)(H,68,69)(H,70,71)(H,80,81,82)/t39-,40-,41-,42-,43-,44-,45-,46-/m0/s1. The molecule has 0 radical (unpaired) electrons. The van der Waals surface area contributed by atoms with Gasteiger partial charge in [-0.3, -0.25) is 57.3 Å². The number of benzene rings is 3. The minimum Gasteiger partial charge on any atom is -0.481 e. The quantitative estimate of drug-likeness (QED) is 0.0291. The SMILES string of the molecule is CCCC[C@H](NC(=O)[C@H](Cc1c[nH]c2ccccc12)NC(=O)[C@@H]1CCCN1C(=O)[C@H](CCCC)NC(=O)[C@H](Cc1ccc(OS(=O)(=O)O)cc1)NC(=O)[C@H](CC(=O)O)NC(C)=O)C(=O)N[C@@H](CC(=O)O)C(=O)N[C@@H](Cc1ccccc1)C(N)=O. The Bertz CT molecular complexity index is 3110. The summed E-state index contributed by atoms with van der Waals surface area (Å²) in [4.78, 5) is 153. The van der Waals surface area contributed by atoms with Crippen molar-refractivity contribution in [3.63, 3.8) is 0 Å². The number of likely N-dealkylation sites (tertiary alicyclic amines) is 1. The lowest BCUT2D eigenvalue weighted by atomic mass is 10.0. The number of nitrogens with two attached hydrogens (primary N) is 1. The highest BCUT2D eigenvalue weighted by Gasteiger charge is 2.41. The van der Waals surface area contributed by atoms with E-state index in [0.717, 1.165) is 19.1 Å². The molecule has 9 amide bonds. The fourth-order valence-corrected chi connectivity index (χ4v) is 9.89. The molecule has 84 heavy (non-hydrogen) atoms. The highest BCUT2D eigenvalue weighted by molar-refractivity contribution is 7.81. The van der Waals surface area contributed by atoms with Crippen molar-refractivity contribution in [2.45, 2.75) is 153 Å². The van der Waals surface area contributed by atoms with Gasteiger partial charge in [-0.2, -0.15) is 8.42 Å². The van der Waals surface area contributed by atoms with Gasteiger partial charge in [0, 0.05) is 49.8 Å². The number of unbranched alkanes of at least 4 members (excludes halogenated alkanes) is 2. The smallest absolute Gasteiger partial charge is 0.446 e. The molecule has 2 heterocycles. The number of primary amides is 1. The first-order chi connectivity index (χ1) is 39.8. The average Bonchev–Trinajstić information content (AvgIpc) is 3.79. The molecule has 0 bridgehead atoms. The van der Waals surface area contributed by atoms with Gasteiger partial charge in [-0.25, -0.2) is 0 Å². The summed E-state index contributed by atoms with van der Waals surface area (Å²) in [6.45, 7) is 4.72. The van der Waals surface area contributed by atoms with Gasteiger partial charge in [-0.1, -0.05) is 100 Å². The van der Waals surface area contributed by atoms with Crippen molar-refractivity contribution in [2.24, 2.45) is 5.73 Å². The predicted molar refractivity (Wildman–Crippen MR) is 301 cm³/mol. The van der Waals surface area contributed by atoms with E-state index in [1.807, 2.05) is 13.8 Å². The lowest BCUT2D eigenvalue weighted by Crippen LogP contribution is -2.60. The third-order valence-corrected chi connectivity index (χ3v) is 14.1. The number of carbonyl (C=O) groups excluding carboxylic acids is 9. The number of amides is 9.